The molecule has 1 aliphatic carbocycles. The first-order valence-corrected chi connectivity index (χ1v) is 7.73. The van der Waals surface area contributed by atoms with Gasteiger partial charge in [0.15, 0.2) is 0 Å². The fourth-order valence-electron chi connectivity index (χ4n) is 2.18. The maximum absolute atomic E-state index is 12.3. The summed E-state index contributed by atoms with van der Waals surface area (Å²) in [7, 11) is -1.92. The fourth-order valence-corrected chi connectivity index (χ4v) is 3.64. The van der Waals surface area contributed by atoms with Gasteiger partial charge in [-0.2, -0.15) is 0 Å². The van der Waals surface area contributed by atoms with Crippen molar-refractivity contribution in [2.45, 2.75) is 43.7 Å². The van der Waals surface area contributed by atoms with Gasteiger partial charge in [-0.3, -0.25) is 0 Å². The van der Waals surface area contributed by atoms with Crippen molar-refractivity contribution in [3.05, 3.63) is 23.3 Å². The van der Waals surface area contributed by atoms with Gasteiger partial charge in [0.1, 0.15) is 4.90 Å². The van der Waals surface area contributed by atoms with Crippen LogP contribution >= 0.6 is 0 Å². The van der Waals surface area contributed by atoms with Crippen LogP contribution < -0.4 is 10.5 Å². The number of benzene rings is 1. The standard InChI is InChI=1S/C13H20N2O3S/c1-8-4-12(14)13(5-9(8)2)19(16,17)15-10-6-11(7-10)18-3/h4-5,10-11,15H,6-7,14H2,1-3H3. The summed E-state index contributed by atoms with van der Waals surface area (Å²) < 4.78 is 32.4. The molecule has 1 aliphatic rings. The van der Waals surface area contributed by atoms with Gasteiger partial charge in [-0.15, -0.1) is 0 Å². The number of rotatable bonds is 4. The molecule has 0 spiro atoms. The third kappa shape index (κ3) is 2.91. The van der Waals surface area contributed by atoms with E-state index in [1.165, 1.54) is 0 Å². The Morgan fingerprint density at radius 1 is 1.26 bits per heavy atom. The summed E-state index contributed by atoms with van der Waals surface area (Å²) in [6, 6.07) is 3.26. The highest BCUT2D eigenvalue weighted by molar-refractivity contribution is 7.89. The monoisotopic (exact) mass is 284 g/mol. The third-order valence-electron chi connectivity index (χ3n) is 3.67. The first kappa shape index (κ1) is 14.3. The zero-order chi connectivity index (χ0) is 14.2. The van der Waals surface area contributed by atoms with Crippen molar-refractivity contribution in [3.8, 4) is 0 Å². The van der Waals surface area contributed by atoms with Crippen molar-refractivity contribution >= 4 is 15.7 Å². The van der Waals surface area contributed by atoms with Crippen LogP contribution in [0.15, 0.2) is 17.0 Å². The Morgan fingerprint density at radius 2 is 1.84 bits per heavy atom. The van der Waals surface area contributed by atoms with Gasteiger partial charge in [0, 0.05) is 13.2 Å². The van der Waals surface area contributed by atoms with E-state index in [0.29, 0.717) is 18.5 Å². The van der Waals surface area contributed by atoms with E-state index < -0.39 is 10.0 Å². The summed E-state index contributed by atoms with van der Waals surface area (Å²) in [4.78, 5) is 0.163. The number of methoxy groups -OCH3 is 1. The lowest BCUT2D eigenvalue weighted by atomic mass is 9.90. The highest BCUT2D eigenvalue weighted by Crippen LogP contribution is 2.27. The second-order valence-electron chi connectivity index (χ2n) is 5.12. The highest BCUT2D eigenvalue weighted by Gasteiger charge is 2.33. The molecule has 0 bridgehead atoms. The minimum Gasteiger partial charge on any atom is -0.398 e. The molecule has 0 amide bonds. The predicted molar refractivity (Wildman–Crippen MR) is 74.5 cm³/mol. The maximum Gasteiger partial charge on any atom is 0.242 e. The normalized spacial score (nSPS) is 23.1. The van der Waals surface area contributed by atoms with Gasteiger partial charge in [-0.05, 0) is 49.9 Å². The van der Waals surface area contributed by atoms with Crippen LogP contribution in [0.3, 0.4) is 0 Å². The molecule has 1 aromatic carbocycles. The quantitative estimate of drug-likeness (QED) is 0.818. The number of nitrogens with two attached hydrogens (primary N) is 1. The molecule has 106 valence electrons. The molecular formula is C13H20N2O3S. The van der Waals surface area contributed by atoms with Gasteiger partial charge in [0.05, 0.1) is 11.8 Å². The average molecular weight is 284 g/mol. The molecule has 0 atom stereocenters. The summed E-state index contributed by atoms with van der Waals surface area (Å²) in [5.74, 6) is 0. The first-order valence-electron chi connectivity index (χ1n) is 6.25. The van der Waals surface area contributed by atoms with Gasteiger partial charge in [-0.1, -0.05) is 0 Å². The molecule has 0 aromatic heterocycles. The zero-order valence-electron chi connectivity index (χ0n) is 11.4. The van der Waals surface area contributed by atoms with Crippen molar-refractivity contribution in [1.29, 1.82) is 0 Å². The Hall–Kier alpha value is -1.11. The number of anilines is 1. The van der Waals surface area contributed by atoms with Crippen molar-refractivity contribution in [2.24, 2.45) is 0 Å². The lowest BCUT2D eigenvalue weighted by Gasteiger charge is -2.34. The predicted octanol–water partition coefficient (Wildman–Crippen LogP) is 1.34. The van der Waals surface area contributed by atoms with Crippen molar-refractivity contribution in [1.82, 2.24) is 4.72 Å². The number of hydrogen-bond acceptors (Lipinski definition) is 4. The van der Waals surface area contributed by atoms with Crippen molar-refractivity contribution in [2.75, 3.05) is 12.8 Å². The Bertz CT molecular complexity index is 578. The summed E-state index contributed by atoms with van der Waals surface area (Å²) >= 11 is 0. The number of ether oxygens (including phenoxy) is 1. The lowest BCUT2D eigenvalue weighted by Crippen LogP contribution is -2.47. The zero-order valence-corrected chi connectivity index (χ0v) is 12.3. The molecular weight excluding hydrogens is 264 g/mol. The molecule has 1 aromatic rings. The van der Waals surface area contributed by atoms with Gasteiger partial charge in [-0.25, -0.2) is 13.1 Å². The van der Waals surface area contributed by atoms with Gasteiger partial charge >= 0.3 is 0 Å². The van der Waals surface area contributed by atoms with E-state index in [9.17, 15) is 8.42 Å². The summed E-state index contributed by atoms with van der Waals surface area (Å²) in [5.41, 5.74) is 8.01. The number of hydrogen-bond donors (Lipinski definition) is 2. The fraction of sp³-hybridized carbons (Fsp3) is 0.538. The summed E-state index contributed by atoms with van der Waals surface area (Å²) in [6.07, 6.45) is 1.57. The summed E-state index contributed by atoms with van der Waals surface area (Å²) in [5, 5.41) is 0. The molecule has 19 heavy (non-hydrogen) atoms. The van der Waals surface area contributed by atoms with Crippen LogP contribution in [0.5, 0.6) is 0 Å². The van der Waals surface area contributed by atoms with Crippen LogP contribution in [0.1, 0.15) is 24.0 Å². The van der Waals surface area contributed by atoms with E-state index in [-0.39, 0.29) is 17.0 Å². The smallest absolute Gasteiger partial charge is 0.242 e. The number of nitrogen functional groups attached to an aromatic ring is 1. The molecule has 0 saturated heterocycles. The molecule has 1 fully saturated rings. The first-order chi connectivity index (χ1) is 8.83. The number of sulfonamides is 1. The molecule has 0 aliphatic heterocycles. The Kier molecular flexibility index (Phi) is 3.85. The van der Waals surface area contributed by atoms with Crippen LogP contribution in [0.25, 0.3) is 0 Å². The molecule has 3 N–H and O–H groups in total. The van der Waals surface area contributed by atoms with E-state index in [4.69, 9.17) is 10.5 Å². The molecule has 1 saturated carbocycles. The van der Waals surface area contributed by atoms with Gasteiger partial charge in [0.2, 0.25) is 10.0 Å². The minimum atomic E-state index is -3.55. The molecule has 6 heteroatoms. The van der Waals surface area contributed by atoms with Crippen molar-refractivity contribution < 1.29 is 13.2 Å². The molecule has 0 unspecified atom stereocenters. The van der Waals surface area contributed by atoms with Crippen LogP contribution in [-0.2, 0) is 14.8 Å². The summed E-state index contributed by atoms with van der Waals surface area (Å²) in [6.45, 7) is 3.78. The van der Waals surface area contributed by atoms with Gasteiger partial charge < -0.3 is 10.5 Å². The molecule has 2 rings (SSSR count). The topological polar surface area (TPSA) is 81.4 Å². The van der Waals surface area contributed by atoms with E-state index in [1.54, 1.807) is 19.2 Å². The minimum absolute atomic E-state index is 0.0593. The SMILES string of the molecule is COC1CC(NS(=O)(=O)c2cc(C)c(C)cc2N)C1. The Labute approximate surface area is 114 Å². The van der Waals surface area contributed by atoms with Gasteiger partial charge in [0.25, 0.3) is 0 Å². The van der Waals surface area contributed by atoms with E-state index in [2.05, 4.69) is 4.72 Å². The van der Waals surface area contributed by atoms with Crippen molar-refractivity contribution in [3.63, 3.8) is 0 Å². The van der Waals surface area contributed by atoms with Crippen LogP contribution in [-0.4, -0.2) is 27.7 Å². The Balaban J connectivity index is 2.18. The van der Waals surface area contributed by atoms with Crippen LogP contribution in [0.2, 0.25) is 0 Å². The third-order valence-corrected chi connectivity index (χ3v) is 5.24. The second kappa shape index (κ2) is 5.11. The number of aryl methyl sites for hydroxylation is 2. The molecule has 5 nitrogen and oxygen atoms in total. The number of nitrogens with one attached hydrogen (secondary N) is 1. The van der Waals surface area contributed by atoms with Crippen LogP contribution in [0.4, 0.5) is 5.69 Å². The van der Waals surface area contributed by atoms with E-state index in [0.717, 1.165) is 11.1 Å². The second-order valence-corrected chi connectivity index (χ2v) is 6.80. The molecule has 0 radical (unpaired) electrons. The largest absolute Gasteiger partial charge is 0.398 e. The van der Waals surface area contributed by atoms with Crippen LogP contribution in [0, 0.1) is 13.8 Å². The van der Waals surface area contributed by atoms with E-state index in [1.807, 2.05) is 13.8 Å². The highest BCUT2D eigenvalue weighted by atomic mass is 32.2. The van der Waals surface area contributed by atoms with E-state index >= 15 is 0 Å². The lowest BCUT2D eigenvalue weighted by molar-refractivity contribution is 0.0236. The Morgan fingerprint density at radius 3 is 2.42 bits per heavy atom. The molecule has 0 heterocycles. The average Bonchev–Trinajstić information content (AvgIpc) is 2.27. The maximum atomic E-state index is 12.3.